The van der Waals surface area contributed by atoms with Gasteiger partial charge >= 0.3 is 0 Å². The van der Waals surface area contributed by atoms with Crippen molar-refractivity contribution in [3.63, 3.8) is 0 Å². The van der Waals surface area contributed by atoms with Gasteiger partial charge in [0.2, 0.25) is 0 Å². The predicted molar refractivity (Wildman–Crippen MR) is 63.0 cm³/mol. The summed E-state index contributed by atoms with van der Waals surface area (Å²) >= 11 is 5.31. The molecule has 0 saturated heterocycles. The largest absolute Gasteiger partial charge is 0.398 e. The molecule has 0 heterocycles. The Morgan fingerprint density at radius 1 is 1.44 bits per heavy atom. The molecule has 0 bridgehead atoms. The summed E-state index contributed by atoms with van der Waals surface area (Å²) in [5.41, 5.74) is 5.56. The topological polar surface area (TPSA) is 97.5 Å². The summed E-state index contributed by atoms with van der Waals surface area (Å²) in [5.74, 6) is -0.807. The van der Waals surface area contributed by atoms with Gasteiger partial charge in [0.05, 0.1) is 10.8 Å². The summed E-state index contributed by atoms with van der Waals surface area (Å²) in [6.45, 7) is 0. The lowest BCUT2D eigenvalue weighted by Crippen LogP contribution is -2.07. The minimum absolute atomic E-state index is 0. The number of halogens is 2. The molecule has 0 unspecified atom stereocenters. The van der Waals surface area contributed by atoms with Gasteiger partial charge in [0, 0.05) is 11.3 Å². The average Bonchev–Trinajstić information content (AvgIpc) is 2.15. The van der Waals surface area contributed by atoms with Gasteiger partial charge in [-0.2, -0.15) is 8.42 Å². The number of alkyl halides is 1. The predicted octanol–water partition coefficient (Wildman–Crippen LogP) is 1.36. The summed E-state index contributed by atoms with van der Waals surface area (Å²) < 4.78 is 30.3. The van der Waals surface area contributed by atoms with E-state index in [0.29, 0.717) is 0 Å². The summed E-state index contributed by atoms with van der Waals surface area (Å²) in [7, 11) is -4.33. The molecular formula is C8H9Cl2NO4S. The van der Waals surface area contributed by atoms with E-state index >= 15 is 0 Å². The second kappa shape index (κ2) is 5.49. The Morgan fingerprint density at radius 2 is 2.00 bits per heavy atom. The van der Waals surface area contributed by atoms with E-state index in [9.17, 15) is 13.2 Å². The zero-order chi connectivity index (χ0) is 11.6. The zero-order valence-corrected chi connectivity index (χ0v) is 10.3. The number of hydrogen-bond donors (Lipinski definition) is 2. The van der Waals surface area contributed by atoms with Crippen molar-refractivity contribution in [1.82, 2.24) is 0 Å². The van der Waals surface area contributed by atoms with Crippen LogP contribution in [-0.2, 0) is 10.1 Å². The molecule has 0 radical (unpaired) electrons. The van der Waals surface area contributed by atoms with Crippen molar-refractivity contribution in [2.45, 2.75) is 4.90 Å². The van der Waals surface area contributed by atoms with E-state index in [2.05, 4.69) is 0 Å². The monoisotopic (exact) mass is 285 g/mol. The third kappa shape index (κ3) is 3.34. The van der Waals surface area contributed by atoms with Crippen molar-refractivity contribution < 1.29 is 17.8 Å². The van der Waals surface area contributed by atoms with Crippen molar-refractivity contribution in [2.24, 2.45) is 0 Å². The molecule has 0 aliphatic carbocycles. The standard InChI is InChI=1S/C8H8ClNO4S.ClH/c9-4-8(11)6-3-5(15(12,13)14)1-2-7(6)10;/h1-3H,4,10H2,(H,12,13,14);1H. The number of benzene rings is 1. The molecule has 8 heteroatoms. The number of ketones is 1. The summed E-state index contributed by atoms with van der Waals surface area (Å²) in [6.07, 6.45) is 0. The fourth-order valence-electron chi connectivity index (χ4n) is 1.01. The fraction of sp³-hybridized carbons (Fsp3) is 0.125. The van der Waals surface area contributed by atoms with Crippen molar-refractivity contribution in [3.8, 4) is 0 Å². The molecule has 1 aromatic carbocycles. The molecule has 0 fully saturated rings. The zero-order valence-electron chi connectivity index (χ0n) is 7.88. The number of nitrogen functional groups attached to an aromatic ring is 1. The highest BCUT2D eigenvalue weighted by atomic mass is 35.5. The molecule has 0 aliphatic heterocycles. The first-order chi connectivity index (χ1) is 6.86. The maximum atomic E-state index is 11.2. The van der Waals surface area contributed by atoms with Crippen molar-refractivity contribution in [2.75, 3.05) is 11.6 Å². The summed E-state index contributed by atoms with van der Waals surface area (Å²) in [5, 5.41) is 0. The van der Waals surface area contributed by atoms with Gasteiger partial charge in [-0.1, -0.05) is 0 Å². The molecule has 0 aliphatic rings. The minimum atomic E-state index is -4.33. The van der Waals surface area contributed by atoms with E-state index in [1.807, 2.05) is 0 Å². The first-order valence-electron chi connectivity index (χ1n) is 3.82. The van der Waals surface area contributed by atoms with Crippen LogP contribution in [0.25, 0.3) is 0 Å². The molecule has 0 saturated carbocycles. The number of carbonyl (C=O) groups is 1. The molecule has 1 aromatic rings. The van der Waals surface area contributed by atoms with E-state index < -0.39 is 15.9 Å². The highest BCUT2D eigenvalue weighted by Gasteiger charge is 2.15. The second-order valence-corrected chi connectivity index (χ2v) is 4.47. The van der Waals surface area contributed by atoms with Gasteiger partial charge in [0.25, 0.3) is 10.1 Å². The fourth-order valence-corrected chi connectivity index (χ4v) is 1.66. The quantitative estimate of drug-likeness (QED) is 0.378. The SMILES string of the molecule is Cl.Nc1ccc(S(=O)(=O)O)cc1C(=O)CCl. The van der Waals surface area contributed by atoms with Gasteiger partial charge in [-0.25, -0.2) is 0 Å². The third-order valence-corrected chi connectivity index (χ3v) is 2.84. The Hall–Kier alpha value is -0.820. The first-order valence-corrected chi connectivity index (χ1v) is 5.80. The lowest BCUT2D eigenvalue weighted by atomic mass is 10.1. The van der Waals surface area contributed by atoms with E-state index in [1.165, 1.54) is 6.07 Å². The van der Waals surface area contributed by atoms with E-state index in [0.717, 1.165) is 12.1 Å². The van der Waals surface area contributed by atoms with Gasteiger partial charge in [-0.3, -0.25) is 9.35 Å². The Balaban J connectivity index is 0.00000225. The second-order valence-electron chi connectivity index (χ2n) is 2.78. The molecule has 16 heavy (non-hydrogen) atoms. The Morgan fingerprint density at radius 3 is 2.44 bits per heavy atom. The highest BCUT2D eigenvalue weighted by Crippen LogP contribution is 2.18. The lowest BCUT2D eigenvalue weighted by molar-refractivity contribution is 0.102. The lowest BCUT2D eigenvalue weighted by Gasteiger charge is -2.04. The van der Waals surface area contributed by atoms with Crippen LogP contribution >= 0.6 is 24.0 Å². The van der Waals surface area contributed by atoms with Gasteiger partial charge in [-0.15, -0.1) is 24.0 Å². The normalized spacial score (nSPS) is 10.6. The van der Waals surface area contributed by atoms with Gasteiger partial charge in [0.1, 0.15) is 0 Å². The van der Waals surface area contributed by atoms with Crippen LogP contribution in [-0.4, -0.2) is 24.6 Å². The Bertz CT molecular complexity index is 501. The van der Waals surface area contributed by atoms with E-state index in [4.69, 9.17) is 21.9 Å². The van der Waals surface area contributed by atoms with E-state index in [-0.39, 0.29) is 34.4 Å². The molecule has 0 atom stereocenters. The molecule has 3 N–H and O–H groups in total. The third-order valence-electron chi connectivity index (χ3n) is 1.74. The molecule has 0 aromatic heterocycles. The van der Waals surface area contributed by atoms with Crippen LogP contribution < -0.4 is 5.73 Å². The van der Waals surface area contributed by atoms with Crippen LogP contribution in [0.2, 0.25) is 0 Å². The maximum Gasteiger partial charge on any atom is 0.294 e. The minimum Gasteiger partial charge on any atom is -0.398 e. The number of rotatable bonds is 3. The summed E-state index contributed by atoms with van der Waals surface area (Å²) in [4.78, 5) is 10.8. The van der Waals surface area contributed by atoms with Crippen LogP contribution in [0.3, 0.4) is 0 Å². The maximum absolute atomic E-state index is 11.2. The molecular weight excluding hydrogens is 277 g/mol. The first kappa shape index (κ1) is 15.2. The molecule has 0 amide bonds. The number of carbonyl (C=O) groups excluding carboxylic acids is 1. The number of Topliss-reactive ketones (excluding diaryl/α,β-unsaturated/α-hetero) is 1. The van der Waals surface area contributed by atoms with Gasteiger partial charge in [0.15, 0.2) is 5.78 Å². The molecule has 1 rings (SSSR count). The Labute approximate surface area is 104 Å². The average molecular weight is 286 g/mol. The summed E-state index contributed by atoms with van der Waals surface area (Å²) in [6, 6.07) is 3.33. The number of nitrogens with two attached hydrogens (primary N) is 1. The number of anilines is 1. The van der Waals surface area contributed by atoms with Gasteiger partial charge < -0.3 is 5.73 Å². The van der Waals surface area contributed by atoms with Crippen molar-refractivity contribution in [3.05, 3.63) is 23.8 Å². The van der Waals surface area contributed by atoms with Crippen LogP contribution in [0.15, 0.2) is 23.1 Å². The van der Waals surface area contributed by atoms with Crippen molar-refractivity contribution >= 4 is 45.6 Å². The molecule has 0 spiro atoms. The Kier molecular flexibility index (Phi) is 5.21. The van der Waals surface area contributed by atoms with E-state index in [1.54, 1.807) is 0 Å². The van der Waals surface area contributed by atoms with Crippen LogP contribution in [0.4, 0.5) is 5.69 Å². The smallest absolute Gasteiger partial charge is 0.294 e. The number of hydrogen-bond acceptors (Lipinski definition) is 4. The van der Waals surface area contributed by atoms with Gasteiger partial charge in [-0.05, 0) is 18.2 Å². The highest BCUT2D eigenvalue weighted by molar-refractivity contribution is 7.85. The molecule has 5 nitrogen and oxygen atoms in total. The molecule has 90 valence electrons. The van der Waals surface area contributed by atoms with Crippen molar-refractivity contribution in [1.29, 1.82) is 0 Å². The van der Waals surface area contributed by atoms with Crippen LogP contribution in [0.5, 0.6) is 0 Å². The van der Waals surface area contributed by atoms with Crippen LogP contribution in [0, 0.1) is 0 Å². The van der Waals surface area contributed by atoms with Crippen LogP contribution in [0.1, 0.15) is 10.4 Å².